The Balaban J connectivity index is 1.63. The second kappa shape index (κ2) is 9.02. The Hall–Kier alpha value is -1.64. The van der Waals surface area contributed by atoms with Crippen molar-refractivity contribution >= 4 is 39.2 Å². The molecule has 0 aromatic carbocycles. The Morgan fingerprint density at radius 3 is 2.90 bits per heavy atom. The van der Waals surface area contributed by atoms with Gasteiger partial charge in [0.1, 0.15) is 4.83 Å². The van der Waals surface area contributed by atoms with E-state index in [4.69, 9.17) is 9.72 Å². The fourth-order valence-corrected chi connectivity index (χ4v) is 6.29. The molecule has 2 aromatic heterocycles. The normalized spacial score (nSPS) is 16.1. The molecule has 0 unspecified atom stereocenters. The van der Waals surface area contributed by atoms with Gasteiger partial charge < -0.3 is 9.64 Å². The van der Waals surface area contributed by atoms with Crippen LogP contribution in [0.5, 0.6) is 0 Å². The first-order chi connectivity index (χ1) is 14.1. The van der Waals surface area contributed by atoms with Gasteiger partial charge in [-0.25, -0.2) is 4.98 Å². The molecular formula is C21H27N3O3S2. The molecule has 0 fully saturated rings. The van der Waals surface area contributed by atoms with E-state index in [9.17, 15) is 9.59 Å². The molecule has 0 saturated heterocycles. The third kappa shape index (κ3) is 4.15. The van der Waals surface area contributed by atoms with Gasteiger partial charge in [0.2, 0.25) is 5.91 Å². The zero-order valence-electron chi connectivity index (χ0n) is 17.0. The van der Waals surface area contributed by atoms with Gasteiger partial charge in [-0.3, -0.25) is 14.2 Å². The van der Waals surface area contributed by atoms with E-state index >= 15 is 0 Å². The maximum Gasteiger partial charge on any atom is 0.263 e. The van der Waals surface area contributed by atoms with Crippen LogP contribution in [0.25, 0.3) is 10.2 Å². The van der Waals surface area contributed by atoms with E-state index in [1.807, 2.05) is 7.05 Å². The van der Waals surface area contributed by atoms with Crippen molar-refractivity contribution in [3.8, 4) is 0 Å². The molecule has 0 radical (unpaired) electrons. The summed E-state index contributed by atoms with van der Waals surface area (Å²) in [5, 5.41) is 1.39. The van der Waals surface area contributed by atoms with Gasteiger partial charge in [0, 0.05) is 24.7 Å². The summed E-state index contributed by atoms with van der Waals surface area (Å²) in [4.78, 5) is 34.7. The first-order valence-electron chi connectivity index (χ1n) is 10.2. The number of carbonyl (C=O) groups is 1. The number of ether oxygens (including phenoxy) is 1. The molecule has 29 heavy (non-hydrogen) atoms. The van der Waals surface area contributed by atoms with Gasteiger partial charge in [0.25, 0.3) is 5.56 Å². The predicted molar refractivity (Wildman–Crippen MR) is 118 cm³/mol. The Kier molecular flexibility index (Phi) is 6.41. The number of rotatable bonds is 7. The molecule has 0 bridgehead atoms. The fourth-order valence-electron chi connectivity index (χ4n) is 4.05. The van der Waals surface area contributed by atoms with Crippen LogP contribution >= 0.6 is 23.1 Å². The molecule has 1 amide bonds. The number of thioether (sulfide) groups is 1. The predicted octanol–water partition coefficient (Wildman–Crippen LogP) is 3.60. The van der Waals surface area contributed by atoms with E-state index in [1.54, 1.807) is 27.9 Å². The number of thiophene rings is 1. The highest BCUT2D eigenvalue weighted by Crippen LogP contribution is 2.34. The molecule has 4 rings (SSSR count). The molecule has 6 nitrogen and oxygen atoms in total. The minimum Gasteiger partial charge on any atom is -0.383 e. The summed E-state index contributed by atoms with van der Waals surface area (Å²) in [7, 11) is 3.46. The molecule has 0 aliphatic heterocycles. The highest BCUT2D eigenvalue weighted by molar-refractivity contribution is 7.99. The Bertz CT molecular complexity index is 1010. The summed E-state index contributed by atoms with van der Waals surface area (Å²) in [6.45, 7) is 0.883. The van der Waals surface area contributed by atoms with Crippen LogP contribution in [0, 0.1) is 0 Å². The number of aryl methyl sites for hydroxylation is 2. The summed E-state index contributed by atoms with van der Waals surface area (Å²) in [6.07, 6.45) is 9.54. The van der Waals surface area contributed by atoms with Crippen LogP contribution in [-0.4, -0.2) is 46.9 Å². The van der Waals surface area contributed by atoms with Crippen molar-refractivity contribution in [1.82, 2.24) is 14.5 Å². The largest absolute Gasteiger partial charge is 0.383 e. The third-order valence-electron chi connectivity index (χ3n) is 5.71. The number of nitrogens with zero attached hydrogens (tertiary/aromatic N) is 3. The van der Waals surface area contributed by atoms with Gasteiger partial charge in [-0.05, 0) is 50.5 Å². The van der Waals surface area contributed by atoms with Crippen LogP contribution in [0.3, 0.4) is 0 Å². The molecule has 2 heterocycles. The quantitative estimate of drug-likeness (QED) is 0.493. The van der Waals surface area contributed by atoms with Crippen molar-refractivity contribution in [2.45, 2.75) is 56.6 Å². The molecule has 0 spiro atoms. The van der Waals surface area contributed by atoms with Gasteiger partial charge in [0.15, 0.2) is 5.16 Å². The molecule has 0 saturated carbocycles. The maximum absolute atomic E-state index is 13.3. The molecule has 2 aromatic rings. The lowest BCUT2D eigenvalue weighted by Crippen LogP contribution is -2.29. The smallest absolute Gasteiger partial charge is 0.263 e. The third-order valence-corrected chi connectivity index (χ3v) is 7.85. The zero-order valence-corrected chi connectivity index (χ0v) is 18.7. The van der Waals surface area contributed by atoms with Crippen molar-refractivity contribution < 1.29 is 9.53 Å². The van der Waals surface area contributed by atoms with Crippen molar-refractivity contribution in [1.29, 1.82) is 0 Å². The number of methoxy groups -OCH3 is 1. The second-order valence-corrected chi connectivity index (χ2v) is 9.59. The highest BCUT2D eigenvalue weighted by atomic mass is 32.2. The van der Waals surface area contributed by atoms with E-state index in [1.165, 1.54) is 28.6 Å². The number of carbonyl (C=O) groups excluding carboxylic acids is 1. The number of amides is 1. The van der Waals surface area contributed by atoms with E-state index in [0.717, 1.165) is 54.4 Å². The number of fused-ring (bicyclic) bond motifs is 3. The lowest BCUT2D eigenvalue weighted by atomic mass is 9.97. The fraction of sp³-hybridized carbons (Fsp3) is 0.571. The topological polar surface area (TPSA) is 64.4 Å². The van der Waals surface area contributed by atoms with Gasteiger partial charge in [-0.1, -0.05) is 17.8 Å². The minimum absolute atomic E-state index is 0.00764. The van der Waals surface area contributed by atoms with E-state index < -0.39 is 0 Å². The molecule has 0 N–H and O–H groups in total. The second-order valence-electron chi connectivity index (χ2n) is 7.56. The van der Waals surface area contributed by atoms with E-state index in [-0.39, 0.29) is 17.2 Å². The minimum atomic E-state index is 0.00764. The first kappa shape index (κ1) is 20.6. The van der Waals surface area contributed by atoms with Gasteiger partial charge in [0.05, 0.1) is 24.3 Å². The van der Waals surface area contributed by atoms with E-state index in [0.29, 0.717) is 18.3 Å². The maximum atomic E-state index is 13.3. The summed E-state index contributed by atoms with van der Waals surface area (Å²) >= 11 is 3.00. The van der Waals surface area contributed by atoms with E-state index in [2.05, 4.69) is 6.08 Å². The van der Waals surface area contributed by atoms with Gasteiger partial charge >= 0.3 is 0 Å². The average Bonchev–Trinajstić information content (AvgIpc) is 3.38. The van der Waals surface area contributed by atoms with Crippen molar-refractivity contribution in [2.75, 3.05) is 26.5 Å². The SMILES string of the molecule is COCCn1c(SCC(=O)N(C)C2=CCCC2)nc2sc3c(c2c1=O)CCCC3. The Labute approximate surface area is 178 Å². The molecule has 2 aliphatic carbocycles. The van der Waals surface area contributed by atoms with Crippen LogP contribution < -0.4 is 5.56 Å². The number of aromatic nitrogens is 2. The summed E-state index contributed by atoms with van der Waals surface area (Å²) in [6, 6.07) is 0. The number of hydrogen-bond donors (Lipinski definition) is 0. The van der Waals surface area contributed by atoms with Crippen molar-refractivity contribution in [3.63, 3.8) is 0 Å². The Morgan fingerprint density at radius 1 is 1.31 bits per heavy atom. The standard InChI is InChI=1S/C21H27N3O3S2/c1-23(14-7-3-4-8-14)17(25)13-28-21-22-19-18(20(26)24(21)11-12-27-2)15-9-5-6-10-16(15)29-19/h7H,3-6,8-13H2,1-2H3. The lowest BCUT2D eigenvalue weighted by Gasteiger charge is -2.19. The zero-order chi connectivity index (χ0) is 20.4. The molecular weight excluding hydrogens is 406 g/mol. The molecule has 2 aliphatic rings. The molecule has 8 heteroatoms. The summed E-state index contributed by atoms with van der Waals surface area (Å²) in [5.74, 6) is 0.311. The molecule has 156 valence electrons. The van der Waals surface area contributed by atoms with Crippen LogP contribution in [0.4, 0.5) is 0 Å². The number of hydrogen-bond acceptors (Lipinski definition) is 6. The monoisotopic (exact) mass is 433 g/mol. The lowest BCUT2D eigenvalue weighted by molar-refractivity contribution is -0.125. The summed E-state index contributed by atoms with van der Waals surface area (Å²) in [5.41, 5.74) is 2.30. The number of allylic oxidation sites excluding steroid dienone is 2. The summed E-state index contributed by atoms with van der Waals surface area (Å²) < 4.78 is 6.91. The van der Waals surface area contributed by atoms with Crippen LogP contribution in [0.2, 0.25) is 0 Å². The highest BCUT2D eigenvalue weighted by Gasteiger charge is 2.23. The van der Waals surface area contributed by atoms with Crippen LogP contribution in [0.15, 0.2) is 21.7 Å². The van der Waals surface area contributed by atoms with Crippen molar-refractivity contribution in [2.24, 2.45) is 0 Å². The Morgan fingerprint density at radius 2 is 2.14 bits per heavy atom. The van der Waals surface area contributed by atoms with Crippen molar-refractivity contribution in [3.05, 3.63) is 32.6 Å². The first-order valence-corrected chi connectivity index (χ1v) is 12.0. The van der Waals surface area contributed by atoms with Crippen LogP contribution in [0.1, 0.15) is 42.5 Å². The van der Waals surface area contributed by atoms with Crippen LogP contribution in [-0.2, 0) is 28.9 Å². The van der Waals surface area contributed by atoms with Gasteiger partial charge in [-0.15, -0.1) is 11.3 Å². The molecule has 0 atom stereocenters. The van der Waals surface area contributed by atoms with Gasteiger partial charge in [-0.2, -0.15) is 0 Å². The average molecular weight is 434 g/mol.